The molecular weight excluding hydrogens is 270 g/mol. The molecule has 20 heavy (non-hydrogen) atoms. The lowest BCUT2D eigenvalue weighted by Crippen LogP contribution is -2.45. The molecule has 0 amide bonds. The molecule has 0 aliphatic carbocycles. The van der Waals surface area contributed by atoms with Crippen LogP contribution in [-0.4, -0.2) is 13.1 Å². The van der Waals surface area contributed by atoms with Crippen molar-refractivity contribution in [1.29, 1.82) is 0 Å². The van der Waals surface area contributed by atoms with Crippen LogP contribution in [0, 0.1) is 5.92 Å². The van der Waals surface area contributed by atoms with Gasteiger partial charge in [-0.15, -0.1) is 0 Å². The SMILES string of the molecule is Clc1ccc([C@H](OCc2ccccc2)C2CNC2)cc1. The van der Waals surface area contributed by atoms with E-state index in [1.165, 1.54) is 11.1 Å². The van der Waals surface area contributed by atoms with Crippen molar-refractivity contribution in [3.8, 4) is 0 Å². The molecule has 1 atom stereocenters. The molecule has 1 saturated heterocycles. The van der Waals surface area contributed by atoms with E-state index >= 15 is 0 Å². The normalized spacial score (nSPS) is 16.6. The molecule has 3 rings (SSSR count). The highest BCUT2D eigenvalue weighted by atomic mass is 35.5. The van der Waals surface area contributed by atoms with Crippen LogP contribution in [0.5, 0.6) is 0 Å². The Balaban J connectivity index is 1.71. The van der Waals surface area contributed by atoms with Gasteiger partial charge in [0, 0.05) is 24.0 Å². The van der Waals surface area contributed by atoms with Crippen molar-refractivity contribution in [2.45, 2.75) is 12.7 Å². The first-order valence-corrected chi connectivity index (χ1v) is 7.32. The summed E-state index contributed by atoms with van der Waals surface area (Å²) in [5, 5.41) is 4.08. The molecule has 0 aromatic heterocycles. The van der Waals surface area contributed by atoms with E-state index in [4.69, 9.17) is 16.3 Å². The monoisotopic (exact) mass is 287 g/mol. The molecule has 0 spiro atoms. The molecule has 3 heteroatoms. The number of rotatable bonds is 5. The Kier molecular flexibility index (Phi) is 4.36. The van der Waals surface area contributed by atoms with Crippen molar-refractivity contribution in [1.82, 2.24) is 5.32 Å². The highest BCUT2D eigenvalue weighted by molar-refractivity contribution is 6.30. The lowest BCUT2D eigenvalue weighted by atomic mass is 9.91. The molecule has 0 radical (unpaired) electrons. The summed E-state index contributed by atoms with van der Waals surface area (Å²) in [6.45, 7) is 2.68. The zero-order valence-corrected chi connectivity index (χ0v) is 12.0. The highest BCUT2D eigenvalue weighted by Gasteiger charge is 2.29. The zero-order chi connectivity index (χ0) is 13.8. The fourth-order valence-electron chi connectivity index (χ4n) is 2.44. The van der Waals surface area contributed by atoms with E-state index in [1.54, 1.807) is 0 Å². The van der Waals surface area contributed by atoms with Gasteiger partial charge in [0.1, 0.15) is 0 Å². The quantitative estimate of drug-likeness (QED) is 0.903. The molecule has 0 bridgehead atoms. The minimum Gasteiger partial charge on any atom is -0.368 e. The molecule has 2 nitrogen and oxygen atoms in total. The van der Waals surface area contributed by atoms with Crippen molar-refractivity contribution < 1.29 is 4.74 Å². The van der Waals surface area contributed by atoms with Crippen molar-refractivity contribution in [2.24, 2.45) is 5.92 Å². The van der Waals surface area contributed by atoms with E-state index in [-0.39, 0.29) is 6.10 Å². The summed E-state index contributed by atoms with van der Waals surface area (Å²) in [6, 6.07) is 18.3. The molecular formula is C17H18ClNO. The van der Waals surface area contributed by atoms with Gasteiger partial charge < -0.3 is 10.1 Å². The van der Waals surface area contributed by atoms with Gasteiger partial charge in [-0.3, -0.25) is 0 Å². The summed E-state index contributed by atoms with van der Waals surface area (Å²) in [4.78, 5) is 0. The largest absolute Gasteiger partial charge is 0.368 e. The van der Waals surface area contributed by atoms with Gasteiger partial charge in [0.2, 0.25) is 0 Å². The molecule has 104 valence electrons. The number of halogens is 1. The van der Waals surface area contributed by atoms with Crippen molar-refractivity contribution in [3.63, 3.8) is 0 Å². The van der Waals surface area contributed by atoms with Crippen LogP contribution in [0.25, 0.3) is 0 Å². The summed E-state index contributed by atoms with van der Waals surface area (Å²) in [5.74, 6) is 0.542. The van der Waals surface area contributed by atoms with E-state index < -0.39 is 0 Å². The van der Waals surface area contributed by atoms with Crippen LogP contribution in [0.3, 0.4) is 0 Å². The van der Waals surface area contributed by atoms with Gasteiger partial charge in [-0.05, 0) is 23.3 Å². The highest BCUT2D eigenvalue weighted by Crippen LogP contribution is 2.30. The Bertz CT molecular complexity index is 537. The van der Waals surface area contributed by atoms with Crippen LogP contribution in [0.15, 0.2) is 54.6 Å². The van der Waals surface area contributed by atoms with Crippen molar-refractivity contribution in [2.75, 3.05) is 13.1 Å². The molecule has 1 fully saturated rings. The predicted octanol–water partition coefficient (Wildman–Crippen LogP) is 3.82. The van der Waals surface area contributed by atoms with Gasteiger partial charge in [0.05, 0.1) is 12.7 Å². The Morgan fingerprint density at radius 3 is 2.35 bits per heavy atom. The van der Waals surface area contributed by atoms with Crippen LogP contribution >= 0.6 is 11.6 Å². The minimum atomic E-state index is 0.133. The summed E-state index contributed by atoms with van der Waals surface area (Å²) in [6.07, 6.45) is 0.133. The van der Waals surface area contributed by atoms with E-state index in [1.807, 2.05) is 30.3 Å². The average Bonchev–Trinajstić information content (AvgIpc) is 2.43. The van der Waals surface area contributed by atoms with Crippen molar-refractivity contribution >= 4 is 11.6 Å². The Morgan fingerprint density at radius 2 is 1.75 bits per heavy atom. The molecule has 0 unspecified atom stereocenters. The summed E-state index contributed by atoms with van der Waals surface area (Å²) >= 11 is 5.96. The molecule has 1 aliphatic heterocycles. The molecule has 1 heterocycles. The van der Waals surface area contributed by atoms with E-state index in [9.17, 15) is 0 Å². The van der Waals surface area contributed by atoms with Crippen LogP contribution in [-0.2, 0) is 11.3 Å². The molecule has 2 aromatic rings. The second-order valence-corrected chi connectivity index (χ2v) is 5.62. The molecule has 2 aromatic carbocycles. The number of ether oxygens (including phenoxy) is 1. The van der Waals surface area contributed by atoms with Gasteiger partial charge in [-0.2, -0.15) is 0 Å². The number of hydrogen-bond donors (Lipinski definition) is 1. The molecule has 1 N–H and O–H groups in total. The van der Waals surface area contributed by atoms with Crippen LogP contribution < -0.4 is 5.32 Å². The van der Waals surface area contributed by atoms with Crippen LogP contribution in [0.1, 0.15) is 17.2 Å². The smallest absolute Gasteiger partial charge is 0.0881 e. The van der Waals surface area contributed by atoms with Crippen LogP contribution in [0.2, 0.25) is 5.02 Å². The number of hydrogen-bond acceptors (Lipinski definition) is 2. The lowest BCUT2D eigenvalue weighted by molar-refractivity contribution is -0.0170. The molecule has 1 aliphatic rings. The summed E-state index contributed by atoms with van der Waals surface area (Å²) in [5.41, 5.74) is 2.41. The first-order valence-electron chi connectivity index (χ1n) is 6.94. The maximum Gasteiger partial charge on any atom is 0.0881 e. The third kappa shape index (κ3) is 3.21. The van der Waals surface area contributed by atoms with Gasteiger partial charge >= 0.3 is 0 Å². The zero-order valence-electron chi connectivity index (χ0n) is 11.3. The Hall–Kier alpha value is -1.35. The fraction of sp³-hybridized carbons (Fsp3) is 0.294. The minimum absolute atomic E-state index is 0.133. The van der Waals surface area contributed by atoms with Gasteiger partial charge in [-0.25, -0.2) is 0 Å². The lowest BCUT2D eigenvalue weighted by Gasteiger charge is -2.35. The van der Waals surface area contributed by atoms with Gasteiger partial charge in [-0.1, -0.05) is 54.1 Å². The topological polar surface area (TPSA) is 21.3 Å². The van der Waals surface area contributed by atoms with E-state index in [0.717, 1.165) is 18.1 Å². The Morgan fingerprint density at radius 1 is 1.05 bits per heavy atom. The summed E-state index contributed by atoms with van der Waals surface area (Å²) < 4.78 is 6.17. The molecule has 0 saturated carbocycles. The average molecular weight is 288 g/mol. The van der Waals surface area contributed by atoms with Gasteiger partial charge in [0.25, 0.3) is 0 Å². The first kappa shape index (κ1) is 13.6. The predicted molar refractivity (Wildman–Crippen MR) is 81.8 cm³/mol. The standard InChI is InChI=1S/C17H18ClNO/c18-16-8-6-14(7-9-16)17(15-10-19-11-15)20-12-13-4-2-1-3-5-13/h1-9,15,17,19H,10-12H2/t17-/m0/s1. The van der Waals surface area contributed by atoms with E-state index in [0.29, 0.717) is 12.5 Å². The maximum absolute atomic E-state index is 6.17. The van der Waals surface area contributed by atoms with E-state index in [2.05, 4.69) is 29.6 Å². The van der Waals surface area contributed by atoms with Gasteiger partial charge in [0.15, 0.2) is 0 Å². The van der Waals surface area contributed by atoms with Crippen molar-refractivity contribution in [3.05, 3.63) is 70.7 Å². The first-order chi connectivity index (χ1) is 9.83. The third-order valence-corrected chi connectivity index (χ3v) is 3.96. The second kappa shape index (κ2) is 6.40. The third-order valence-electron chi connectivity index (χ3n) is 3.71. The van der Waals surface area contributed by atoms with Crippen LogP contribution in [0.4, 0.5) is 0 Å². The second-order valence-electron chi connectivity index (χ2n) is 5.19. The Labute approximate surface area is 124 Å². The maximum atomic E-state index is 6.17. The fourth-order valence-corrected chi connectivity index (χ4v) is 2.57. The number of benzene rings is 2. The number of nitrogens with one attached hydrogen (secondary N) is 1. The summed E-state index contributed by atoms with van der Waals surface area (Å²) in [7, 11) is 0.